The van der Waals surface area contributed by atoms with Gasteiger partial charge in [0.1, 0.15) is 11.2 Å². The summed E-state index contributed by atoms with van der Waals surface area (Å²) in [7, 11) is 0. The van der Waals surface area contributed by atoms with Crippen LogP contribution in [0.25, 0.3) is 44.2 Å². The molecule has 0 amide bonds. The van der Waals surface area contributed by atoms with Crippen molar-refractivity contribution in [2.75, 3.05) is 4.90 Å². The zero-order chi connectivity index (χ0) is 34.2. The molecule has 6 aromatic rings. The van der Waals surface area contributed by atoms with Crippen LogP contribution in [0.2, 0.25) is 0 Å². The van der Waals surface area contributed by atoms with E-state index in [-0.39, 0.29) is 5.41 Å². The average molecular weight is 660 g/mol. The highest BCUT2D eigenvalue weighted by atomic mass is 16.3. The molecule has 0 saturated carbocycles. The van der Waals surface area contributed by atoms with Crippen LogP contribution in [-0.2, 0) is 0 Å². The number of benzene rings is 5. The summed E-state index contributed by atoms with van der Waals surface area (Å²) in [5.74, 6) is 0.847. The first kappa shape index (κ1) is 31.1. The first-order valence-electron chi connectivity index (χ1n) is 18.2. The predicted molar refractivity (Wildman–Crippen MR) is 215 cm³/mol. The fourth-order valence-electron chi connectivity index (χ4n) is 8.03. The second kappa shape index (κ2) is 13.1. The Hall–Kier alpha value is -5.86. The lowest BCUT2D eigenvalue weighted by molar-refractivity contribution is 0.308. The lowest BCUT2D eigenvalue weighted by Crippen LogP contribution is -2.27. The van der Waals surface area contributed by atoms with Gasteiger partial charge in [-0.25, -0.2) is 0 Å². The van der Waals surface area contributed by atoms with Gasteiger partial charge in [-0.15, -0.1) is 0 Å². The Morgan fingerprint density at radius 2 is 1.31 bits per heavy atom. The SMILES string of the molecule is CC1(C2C=CC=CC2)C=CC(N(c2ccc(-c3ccccc3)cc2)c2ccc(-c3ccc4oc5c(C6C=CC=CC6)cccc5c4c3)cc2)=CC1. The number of hydrogen-bond donors (Lipinski definition) is 0. The third-order valence-corrected chi connectivity index (χ3v) is 11.1. The van der Waals surface area contributed by atoms with Crippen LogP contribution >= 0.6 is 0 Å². The summed E-state index contributed by atoms with van der Waals surface area (Å²) in [6.07, 6.45) is 28.1. The van der Waals surface area contributed by atoms with E-state index in [1.54, 1.807) is 0 Å². The normalized spacial score (nSPS) is 21.0. The Labute approximate surface area is 300 Å². The summed E-state index contributed by atoms with van der Waals surface area (Å²) in [6.45, 7) is 2.39. The zero-order valence-electron chi connectivity index (χ0n) is 29.0. The molecule has 0 N–H and O–H groups in total. The number of nitrogens with zero attached hydrogens (tertiary/aromatic N) is 1. The zero-order valence-corrected chi connectivity index (χ0v) is 29.0. The van der Waals surface area contributed by atoms with E-state index in [2.05, 4.69) is 194 Å². The number of fused-ring (bicyclic) bond motifs is 3. The summed E-state index contributed by atoms with van der Waals surface area (Å²) in [5, 5.41) is 2.34. The Bertz CT molecular complexity index is 2400. The largest absolute Gasteiger partial charge is 0.456 e. The van der Waals surface area contributed by atoms with E-state index in [4.69, 9.17) is 4.42 Å². The lowest BCUT2D eigenvalue weighted by Gasteiger charge is -2.37. The molecule has 51 heavy (non-hydrogen) atoms. The highest BCUT2D eigenvalue weighted by Crippen LogP contribution is 2.44. The summed E-state index contributed by atoms with van der Waals surface area (Å²) >= 11 is 0. The highest BCUT2D eigenvalue weighted by molar-refractivity contribution is 6.07. The summed E-state index contributed by atoms with van der Waals surface area (Å²) < 4.78 is 6.50. The fourth-order valence-corrected chi connectivity index (χ4v) is 8.03. The van der Waals surface area contributed by atoms with Gasteiger partial charge in [-0.1, -0.05) is 147 Å². The van der Waals surface area contributed by atoms with Gasteiger partial charge < -0.3 is 9.32 Å². The number of rotatable bonds is 7. The van der Waals surface area contributed by atoms with Crippen LogP contribution in [0.15, 0.2) is 192 Å². The van der Waals surface area contributed by atoms with Gasteiger partial charge in [0.2, 0.25) is 0 Å². The number of anilines is 2. The molecule has 1 heterocycles. The molecule has 1 aromatic heterocycles. The lowest BCUT2D eigenvalue weighted by atomic mass is 9.70. The van der Waals surface area contributed by atoms with Crippen LogP contribution in [0.5, 0.6) is 0 Å². The van der Waals surface area contributed by atoms with Crippen molar-refractivity contribution in [3.63, 3.8) is 0 Å². The molecule has 0 saturated heterocycles. The molecule has 3 atom stereocenters. The van der Waals surface area contributed by atoms with Gasteiger partial charge in [-0.3, -0.25) is 0 Å². The van der Waals surface area contributed by atoms with Crippen molar-refractivity contribution in [1.29, 1.82) is 0 Å². The molecule has 2 heteroatoms. The van der Waals surface area contributed by atoms with E-state index in [1.165, 1.54) is 38.9 Å². The fraction of sp³-hybridized carbons (Fsp3) is 0.143. The first-order chi connectivity index (χ1) is 25.1. The van der Waals surface area contributed by atoms with E-state index in [0.29, 0.717) is 11.8 Å². The van der Waals surface area contributed by atoms with Crippen LogP contribution in [0.4, 0.5) is 11.4 Å². The minimum absolute atomic E-state index is 0.0955. The summed E-state index contributed by atoms with van der Waals surface area (Å²) in [5.41, 5.74) is 11.6. The van der Waals surface area contributed by atoms with E-state index < -0.39 is 0 Å². The van der Waals surface area contributed by atoms with E-state index in [9.17, 15) is 0 Å². The maximum absolute atomic E-state index is 6.50. The van der Waals surface area contributed by atoms with Crippen molar-refractivity contribution in [1.82, 2.24) is 0 Å². The van der Waals surface area contributed by atoms with Crippen molar-refractivity contribution in [3.05, 3.63) is 193 Å². The molecule has 3 unspecified atom stereocenters. The average Bonchev–Trinajstić information content (AvgIpc) is 3.59. The molecule has 0 fully saturated rings. The van der Waals surface area contributed by atoms with Gasteiger partial charge >= 0.3 is 0 Å². The van der Waals surface area contributed by atoms with Crippen molar-refractivity contribution >= 4 is 33.3 Å². The van der Waals surface area contributed by atoms with Gasteiger partial charge in [0.25, 0.3) is 0 Å². The van der Waals surface area contributed by atoms with Gasteiger partial charge in [0.15, 0.2) is 0 Å². The van der Waals surface area contributed by atoms with Gasteiger partial charge in [0.05, 0.1) is 0 Å². The molecule has 3 aliphatic rings. The molecule has 9 rings (SSSR count). The van der Waals surface area contributed by atoms with E-state index in [1.807, 2.05) is 0 Å². The quantitative estimate of drug-likeness (QED) is 0.170. The summed E-state index contributed by atoms with van der Waals surface area (Å²) in [4.78, 5) is 2.40. The van der Waals surface area contributed by atoms with Crippen LogP contribution < -0.4 is 4.90 Å². The molecular formula is C49H41NO. The monoisotopic (exact) mass is 659 g/mol. The predicted octanol–water partition coefficient (Wildman–Crippen LogP) is 13.6. The van der Waals surface area contributed by atoms with Gasteiger partial charge in [-0.2, -0.15) is 0 Å². The number of hydrogen-bond acceptors (Lipinski definition) is 2. The maximum Gasteiger partial charge on any atom is 0.139 e. The smallest absolute Gasteiger partial charge is 0.139 e. The highest BCUT2D eigenvalue weighted by Gasteiger charge is 2.32. The molecule has 0 aliphatic heterocycles. The van der Waals surface area contributed by atoms with Crippen LogP contribution in [-0.4, -0.2) is 0 Å². The number of para-hydroxylation sites is 1. The Kier molecular flexibility index (Phi) is 8.01. The van der Waals surface area contributed by atoms with Crippen LogP contribution in [0.1, 0.15) is 37.7 Å². The Morgan fingerprint density at radius 1 is 0.627 bits per heavy atom. The second-order valence-corrected chi connectivity index (χ2v) is 14.3. The molecule has 248 valence electrons. The maximum atomic E-state index is 6.50. The topological polar surface area (TPSA) is 16.4 Å². The standard InChI is InChI=1S/C49H41NO/c1-49(40-16-9-4-10-17-40)32-30-43(31-33-49)50(41-25-20-36(21-26-41)35-12-5-2-6-13-35)42-27-22-37(23-28-42)39-24-29-47-46(34-39)45-19-11-18-44(48(45)51-47)38-14-7-3-8-15-38/h2-14,16,18-32,34,38,40H,15,17,33H2,1H3. The van der Waals surface area contributed by atoms with E-state index in [0.717, 1.165) is 47.2 Å². The first-order valence-corrected chi connectivity index (χ1v) is 18.2. The van der Waals surface area contributed by atoms with Gasteiger partial charge in [0, 0.05) is 39.3 Å². The molecule has 5 aromatic carbocycles. The third kappa shape index (κ3) is 5.91. The molecule has 3 aliphatic carbocycles. The molecular weight excluding hydrogens is 619 g/mol. The van der Waals surface area contributed by atoms with Crippen molar-refractivity contribution in [2.24, 2.45) is 11.3 Å². The van der Waals surface area contributed by atoms with Crippen molar-refractivity contribution in [2.45, 2.75) is 32.1 Å². The summed E-state index contributed by atoms with van der Waals surface area (Å²) in [6, 6.07) is 41.8. The third-order valence-electron chi connectivity index (χ3n) is 11.1. The second-order valence-electron chi connectivity index (χ2n) is 14.3. The number of allylic oxidation sites excluding steroid dienone is 11. The minimum Gasteiger partial charge on any atom is -0.456 e. The van der Waals surface area contributed by atoms with Crippen molar-refractivity contribution < 1.29 is 4.42 Å². The number of furan rings is 1. The Morgan fingerprint density at radius 3 is 1.98 bits per heavy atom. The van der Waals surface area contributed by atoms with E-state index >= 15 is 0 Å². The molecule has 0 spiro atoms. The molecule has 0 radical (unpaired) electrons. The molecule has 0 bridgehead atoms. The Balaban J connectivity index is 1.05. The van der Waals surface area contributed by atoms with Gasteiger partial charge in [-0.05, 0) is 95.3 Å². The molecule has 2 nitrogen and oxygen atoms in total. The van der Waals surface area contributed by atoms with Crippen molar-refractivity contribution in [3.8, 4) is 22.3 Å². The minimum atomic E-state index is 0.0955. The van der Waals surface area contributed by atoms with Crippen LogP contribution in [0, 0.1) is 11.3 Å². The van der Waals surface area contributed by atoms with Crippen LogP contribution in [0.3, 0.4) is 0 Å².